The van der Waals surface area contributed by atoms with E-state index >= 15 is 0 Å². The van der Waals surface area contributed by atoms with E-state index in [1.165, 1.54) is 90.4 Å². The van der Waals surface area contributed by atoms with Crippen LogP contribution in [0.4, 0.5) is 0 Å². The summed E-state index contributed by atoms with van der Waals surface area (Å²) in [6, 6.07) is 0.938. The second-order valence-electron chi connectivity index (χ2n) is 7.75. The van der Waals surface area contributed by atoms with Gasteiger partial charge in [-0.1, -0.05) is 26.2 Å². The lowest BCUT2D eigenvalue weighted by molar-refractivity contribution is 0.0117. The minimum absolute atomic E-state index is 0.590. The van der Waals surface area contributed by atoms with Gasteiger partial charge in [0.2, 0.25) is 0 Å². The Labute approximate surface area is 125 Å². The van der Waals surface area contributed by atoms with Crippen LogP contribution >= 0.6 is 0 Å². The van der Waals surface area contributed by atoms with Crippen molar-refractivity contribution in [2.24, 2.45) is 11.3 Å². The minimum Gasteiger partial charge on any atom is -0.316 e. The summed E-state index contributed by atoms with van der Waals surface area (Å²) in [7, 11) is 0. The van der Waals surface area contributed by atoms with E-state index in [1.807, 2.05) is 0 Å². The van der Waals surface area contributed by atoms with Crippen LogP contribution in [0.5, 0.6) is 0 Å². The maximum atomic E-state index is 3.70. The van der Waals surface area contributed by atoms with Gasteiger partial charge in [-0.05, 0) is 69.4 Å². The molecule has 0 aromatic heterocycles. The van der Waals surface area contributed by atoms with Crippen LogP contribution in [0.3, 0.4) is 0 Å². The quantitative estimate of drug-likeness (QED) is 0.841. The van der Waals surface area contributed by atoms with E-state index in [1.54, 1.807) is 0 Å². The summed E-state index contributed by atoms with van der Waals surface area (Å²) in [6.07, 6.45) is 14.6. The molecule has 0 amide bonds. The van der Waals surface area contributed by atoms with Crippen molar-refractivity contribution in [3.05, 3.63) is 0 Å². The fourth-order valence-corrected chi connectivity index (χ4v) is 5.34. The standard InChI is InChI=1S/C18H34N2/c1-2-10-18(11-6-12-19-14-18)15-20-13-5-8-16-7-3-4-9-17(16)20/h16-17,19H,2-15H2,1H3/t16-,17-,18?/m1/s1. The van der Waals surface area contributed by atoms with Crippen LogP contribution < -0.4 is 5.32 Å². The highest BCUT2D eigenvalue weighted by Crippen LogP contribution is 2.39. The van der Waals surface area contributed by atoms with Crippen LogP contribution in [0.25, 0.3) is 0 Å². The minimum atomic E-state index is 0.590. The highest BCUT2D eigenvalue weighted by Gasteiger charge is 2.39. The highest BCUT2D eigenvalue weighted by atomic mass is 15.2. The summed E-state index contributed by atoms with van der Waals surface area (Å²) >= 11 is 0. The van der Waals surface area contributed by atoms with Crippen LogP contribution in [0.15, 0.2) is 0 Å². The zero-order chi connectivity index (χ0) is 13.8. The van der Waals surface area contributed by atoms with Gasteiger partial charge in [-0.25, -0.2) is 0 Å². The maximum absolute atomic E-state index is 3.70. The molecule has 3 fully saturated rings. The van der Waals surface area contributed by atoms with Crippen molar-refractivity contribution in [3.63, 3.8) is 0 Å². The van der Waals surface area contributed by atoms with Gasteiger partial charge in [0.25, 0.3) is 0 Å². The van der Waals surface area contributed by atoms with Crippen LogP contribution in [0.2, 0.25) is 0 Å². The summed E-state index contributed by atoms with van der Waals surface area (Å²) in [5.74, 6) is 1.03. The van der Waals surface area contributed by atoms with Crippen LogP contribution in [0, 0.1) is 11.3 Å². The zero-order valence-corrected chi connectivity index (χ0v) is 13.5. The third kappa shape index (κ3) is 3.22. The molecule has 3 atom stereocenters. The van der Waals surface area contributed by atoms with Crippen molar-refractivity contribution in [1.29, 1.82) is 0 Å². The molecule has 2 heterocycles. The SMILES string of the molecule is CCCC1(CN2CCC[C@H]3CCCC[C@H]32)CCCNC1. The predicted octanol–water partition coefficient (Wildman–Crippen LogP) is 3.81. The molecule has 0 radical (unpaired) electrons. The Hall–Kier alpha value is -0.0800. The average Bonchev–Trinajstić information content (AvgIpc) is 2.49. The van der Waals surface area contributed by atoms with E-state index in [0.29, 0.717) is 5.41 Å². The first-order valence-corrected chi connectivity index (χ1v) is 9.28. The summed E-state index contributed by atoms with van der Waals surface area (Å²) in [5, 5.41) is 3.70. The predicted molar refractivity (Wildman–Crippen MR) is 86.0 cm³/mol. The molecule has 2 nitrogen and oxygen atoms in total. The van der Waals surface area contributed by atoms with Gasteiger partial charge in [0.05, 0.1) is 0 Å². The highest BCUT2D eigenvalue weighted by molar-refractivity contribution is 4.93. The van der Waals surface area contributed by atoms with Crippen molar-refractivity contribution in [3.8, 4) is 0 Å². The third-order valence-electron chi connectivity index (χ3n) is 6.24. The van der Waals surface area contributed by atoms with Crippen molar-refractivity contribution in [1.82, 2.24) is 10.2 Å². The van der Waals surface area contributed by atoms with Gasteiger partial charge >= 0.3 is 0 Å². The van der Waals surface area contributed by atoms with E-state index in [9.17, 15) is 0 Å². The Morgan fingerprint density at radius 1 is 1.10 bits per heavy atom. The van der Waals surface area contributed by atoms with Crippen molar-refractivity contribution >= 4 is 0 Å². The molecule has 2 saturated heterocycles. The van der Waals surface area contributed by atoms with E-state index in [-0.39, 0.29) is 0 Å². The maximum Gasteiger partial charge on any atom is 0.0124 e. The average molecular weight is 278 g/mol. The molecule has 3 rings (SSSR count). The van der Waals surface area contributed by atoms with Crippen molar-refractivity contribution in [2.75, 3.05) is 26.2 Å². The molecular weight excluding hydrogens is 244 g/mol. The lowest BCUT2D eigenvalue weighted by atomic mass is 9.73. The van der Waals surface area contributed by atoms with Gasteiger partial charge in [-0.3, -0.25) is 4.90 Å². The Bertz CT molecular complexity index is 288. The van der Waals surface area contributed by atoms with E-state index in [0.717, 1.165) is 12.0 Å². The molecule has 0 spiro atoms. The van der Waals surface area contributed by atoms with Gasteiger partial charge < -0.3 is 5.32 Å². The molecule has 2 aliphatic heterocycles. The van der Waals surface area contributed by atoms with Gasteiger partial charge in [0, 0.05) is 19.1 Å². The normalized spacial score (nSPS) is 39.5. The molecule has 2 heteroatoms. The molecule has 1 unspecified atom stereocenters. The van der Waals surface area contributed by atoms with E-state index in [4.69, 9.17) is 0 Å². The molecule has 3 aliphatic rings. The fraction of sp³-hybridized carbons (Fsp3) is 1.00. The molecule has 0 aromatic carbocycles. The number of rotatable bonds is 4. The van der Waals surface area contributed by atoms with E-state index < -0.39 is 0 Å². The second kappa shape index (κ2) is 6.79. The van der Waals surface area contributed by atoms with Gasteiger partial charge in [-0.15, -0.1) is 0 Å². The van der Waals surface area contributed by atoms with Crippen LogP contribution in [-0.4, -0.2) is 37.1 Å². The van der Waals surface area contributed by atoms with Gasteiger partial charge in [-0.2, -0.15) is 0 Å². The van der Waals surface area contributed by atoms with Gasteiger partial charge in [0.15, 0.2) is 0 Å². The van der Waals surface area contributed by atoms with E-state index in [2.05, 4.69) is 17.1 Å². The molecule has 0 bridgehead atoms. The zero-order valence-electron chi connectivity index (χ0n) is 13.5. The monoisotopic (exact) mass is 278 g/mol. The largest absolute Gasteiger partial charge is 0.316 e. The third-order valence-corrected chi connectivity index (χ3v) is 6.24. The number of piperidine rings is 2. The summed E-state index contributed by atoms with van der Waals surface area (Å²) in [4.78, 5) is 2.93. The Morgan fingerprint density at radius 3 is 2.75 bits per heavy atom. The molecule has 116 valence electrons. The summed E-state index contributed by atoms with van der Waals surface area (Å²) in [6.45, 7) is 7.66. The van der Waals surface area contributed by atoms with Crippen molar-refractivity contribution in [2.45, 2.75) is 77.2 Å². The lowest BCUT2D eigenvalue weighted by Crippen LogP contribution is -2.54. The van der Waals surface area contributed by atoms with Gasteiger partial charge in [0.1, 0.15) is 0 Å². The topological polar surface area (TPSA) is 15.3 Å². The number of nitrogens with one attached hydrogen (secondary N) is 1. The number of fused-ring (bicyclic) bond motifs is 1. The molecule has 0 aromatic rings. The summed E-state index contributed by atoms with van der Waals surface area (Å²) in [5.41, 5.74) is 0.590. The number of hydrogen-bond donors (Lipinski definition) is 1. The first-order chi connectivity index (χ1) is 9.83. The number of nitrogens with zero attached hydrogens (tertiary/aromatic N) is 1. The molecule has 20 heavy (non-hydrogen) atoms. The molecule has 1 saturated carbocycles. The first-order valence-electron chi connectivity index (χ1n) is 9.28. The molecule has 1 aliphatic carbocycles. The molecular formula is C18H34N2. The molecule has 1 N–H and O–H groups in total. The lowest BCUT2D eigenvalue weighted by Gasteiger charge is -2.49. The number of likely N-dealkylation sites (tertiary alicyclic amines) is 1. The second-order valence-corrected chi connectivity index (χ2v) is 7.75. The fourth-order valence-electron chi connectivity index (χ4n) is 5.34. The number of hydrogen-bond acceptors (Lipinski definition) is 2. The van der Waals surface area contributed by atoms with Crippen molar-refractivity contribution < 1.29 is 0 Å². The first kappa shape index (κ1) is 14.8. The summed E-state index contributed by atoms with van der Waals surface area (Å²) < 4.78 is 0. The smallest absolute Gasteiger partial charge is 0.0124 e. The van der Waals surface area contributed by atoms with Crippen LogP contribution in [0.1, 0.15) is 71.1 Å². The van der Waals surface area contributed by atoms with Crippen LogP contribution in [-0.2, 0) is 0 Å². The Balaban J connectivity index is 1.66. The Morgan fingerprint density at radius 2 is 1.95 bits per heavy atom. The Kier molecular flexibility index (Phi) is 5.04.